The highest BCUT2D eigenvalue weighted by molar-refractivity contribution is 5.83. The molecule has 0 spiro atoms. The molecule has 21 heavy (non-hydrogen) atoms. The number of hydrogen-bond donors (Lipinski definition) is 0. The minimum absolute atomic E-state index is 0.0432. The molecule has 0 saturated carbocycles. The average molecular weight is 281 g/mol. The van der Waals surface area contributed by atoms with E-state index in [2.05, 4.69) is 9.97 Å². The molecule has 0 N–H and O–H groups in total. The van der Waals surface area contributed by atoms with Gasteiger partial charge in [-0.3, -0.25) is 14.3 Å². The summed E-state index contributed by atoms with van der Waals surface area (Å²) < 4.78 is 6.56. The van der Waals surface area contributed by atoms with Crippen LogP contribution in [0.15, 0.2) is 53.8 Å². The lowest BCUT2D eigenvalue weighted by Gasteiger charge is -2.07. The van der Waals surface area contributed by atoms with Gasteiger partial charge in [-0.25, -0.2) is 4.98 Å². The summed E-state index contributed by atoms with van der Waals surface area (Å²) >= 11 is 0. The zero-order valence-electron chi connectivity index (χ0n) is 11.7. The van der Waals surface area contributed by atoms with Crippen molar-refractivity contribution in [2.45, 2.75) is 6.54 Å². The van der Waals surface area contributed by atoms with Crippen molar-refractivity contribution in [3.8, 4) is 11.1 Å². The molecule has 1 aromatic carbocycles. The molecule has 0 bridgehead atoms. The van der Waals surface area contributed by atoms with Gasteiger partial charge in [0.25, 0.3) is 5.56 Å². The molecule has 106 valence electrons. The molecule has 2 aromatic heterocycles. The number of rotatable bonds is 4. The van der Waals surface area contributed by atoms with Crippen LogP contribution in [0, 0.1) is 0 Å². The summed E-state index contributed by atoms with van der Waals surface area (Å²) in [6, 6.07) is 9.54. The Morgan fingerprint density at radius 2 is 1.95 bits per heavy atom. The number of pyridine rings is 1. The first-order chi connectivity index (χ1) is 10.3. The Morgan fingerprint density at radius 3 is 2.71 bits per heavy atom. The lowest BCUT2D eigenvalue weighted by molar-refractivity contribution is 0.186. The molecule has 2 heterocycles. The normalized spacial score (nSPS) is 10.9. The van der Waals surface area contributed by atoms with Gasteiger partial charge in [0, 0.05) is 19.5 Å². The fourth-order valence-electron chi connectivity index (χ4n) is 2.23. The number of hydrogen-bond acceptors (Lipinski definition) is 4. The fraction of sp³-hybridized carbons (Fsp3) is 0.188. The van der Waals surface area contributed by atoms with E-state index >= 15 is 0 Å². The number of aromatic nitrogens is 3. The van der Waals surface area contributed by atoms with Crippen molar-refractivity contribution in [3.05, 3.63) is 59.4 Å². The third-order valence-corrected chi connectivity index (χ3v) is 3.38. The summed E-state index contributed by atoms with van der Waals surface area (Å²) in [5.41, 5.74) is 2.73. The van der Waals surface area contributed by atoms with Gasteiger partial charge in [-0.15, -0.1) is 0 Å². The second kappa shape index (κ2) is 5.85. The van der Waals surface area contributed by atoms with E-state index in [1.165, 1.54) is 0 Å². The molecular weight excluding hydrogens is 266 g/mol. The lowest BCUT2D eigenvalue weighted by Crippen LogP contribution is -2.22. The number of benzene rings is 1. The van der Waals surface area contributed by atoms with Gasteiger partial charge in [-0.05, 0) is 35.4 Å². The van der Waals surface area contributed by atoms with Crippen molar-refractivity contribution in [1.82, 2.24) is 14.5 Å². The monoisotopic (exact) mass is 281 g/mol. The number of ether oxygens (including phenoxy) is 1. The first-order valence-corrected chi connectivity index (χ1v) is 6.68. The first kappa shape index (κ1) is 13.5. The Kier molecular flexibility index (Phi) is 3.75. The molecule has 0 aliphatic heterocycles. The van der Waals surface area contributed by atoms with Crippen molar-refractivity contribution in [1.29, 1.82) is 0 Å². The van der Waals surface area contributed by atoms with E-state index in [4.69, 9.17) is 4.74 Å². The second-order valence-corrected chi connectivity index (χ2v) is 4.70. The van der Waals surface area contributed by atoms with Crippen LogP contribution in [0.25, 0.3) is 22.0 Å². The zero-order chi connectivity index (χ0) is 14.7. The van der Waals surface area contributed by atoms with Gasteiger partial charge in [-0.2, -0.15) is 0 Å². The van der Waals surface area contributed by atoms with Crippen molar-refractivity contribution in [2.75, 3.05) is 13.7 Å². The molecule has 0 fully saturated rings. The minimum Gasteiger partial charge on any atom is -0.383 e. The standard InChI is InChI=1S/C16H15N3O2/c1-21-9-8-19-11-18-15-10-13(2-3-14(15)16(19)20)12-4-6-17-7-5-12/h2-7,10-11H,8-9H2,1H3. The fourth-order valence-corrected chi connectivity index (χ4v) is 2.23. The van der Waals surface area contributed by atoms with Gasteiger partial charge in [0.2, 0.25) is 0 Å². The molecule has 0 unspecified atom stereocenters. The smallest absolute Gasteiger partial charge is 0.261 e. The maximum Gasteiger partial charge on any atom is 0.261 e. The van der Waals surface area contributed by atoms with Crippen molar-refractivity contribution < 1.29 is 4.74 Å². The van der Waals surface area contributed by atoms with Crippen molar-refractivity contribution in [3.63, 3.8) is 0 Å². The molecule has 0 amide bonds. The topological polar surface area (TPSA) is 57.0 Å². The van der Waals surface area contributed by atoms with Gasteiger partial charge < -0.3 is 4.74 Å². The molecule has 0 aliphatic rings. The number of nitrogens with zero attached hydrogens (tertiary/aromatic N) is 3. The van der Waals surface area contributed by atoms with E-state index in [1.807, 2.05) is 30.3 Å². The largest absolute Gasteiger partial charge is 0.383 e. The van der Waals surface area contributed by atoms with E-state index in [1.54, 1.807) is 30.4 Å². The third kappa shape index (κ3) is 2.68. The maximum absolute atomic E-state index is 12.3. The van der Waals surface area contributed by atoms with E-state index < -0.39 is 0 Å². The molecule has 0 saturated heterocycles. The van der Waals surface area contributed by atoms with Gasteiger partial charge in [0.15, 0.2) is 0 Å². The third-order valence-electron chi connectivity index (χ3n) is 3.38. The van der Waals surface area contributed by atoms with E-state index in [0.717, 1.165) is 11.1 Å². The summed E-state index contributed by atoms with van der Waals surface area (Å²) in [5.74, 6) is 0. The second-order valence-electron chi connectivity index (χ2n) is 4.70. The van der Waals surface area contributed by atoms with Crippen LogP contribution in [0.2, 0.25) is 0 Å². The minimum atomic E-state index is -0.0432. The molecule has 0 radical (unpaired) electrons. The van der Waals surface area contributed by atoms with Crippen LogP contribution in [0.4, 0.5) is 0 Å². The van der Waals surface area contributed by atoms with E-state index in [9.17, 15) is 4.79 Å². The Bertz CT molecular complexity index is 813. The summed E-state index contributed by atoms with van der Waals surface area (Å²) in [6.45, 7) is 0.993. The lowest BCUT2D eigenvalue weighted by atomic mass is 10.1. The summed E-state index contributed by atoms with van der Waals surface area (Å²) in [6.07, 6.45) is 5.06. The van der Waals surface area contributed by atoms with Crippen LogP contribution in [0.3, 0.4) is 0 Å². The van der Waals surface area contributed by atoms with Crippen LogP contribution in [-0.4, -0.2) is 28.3 Å². The van der Waals surface area contributed by atoms with Gasteiger partial charge in [0.1, 0.15) is 0 Å². The van der Waals surface area contributed by atoms with Crippen LogP contribution >= 0.6 is 0 Å². The van der Waals surface area contributed by atoms with Gasteiger partial charge in [0.05, 0.1) is 30.4 Å². The molecule has 5 heteroatoms. The Labute approximate surface area is 121 Å². The number of methoxy groups -OCH3 is 1. The van der Waals surface area contributed by atoms with Crippen LogP contribution < -0.4 is 5.56 Å². The number of fused-ring (bicyclic) bond motifs is 1. The van der Waals surface area contributed by atoms with Crippen molar-refractivity contribution in [2.24, 2.45) is 0 Å². The van der Waals surface area contributed by atoms with E-state index in [-0.39, 0.29) is 5.56 Å². The summed E-state index contributed by atoms with van der Waals surface area (Å²) in [7, 11) is 1.61. The molecule has 0 atom stereocenters. The summed E-state index contributed by atoms with van der Waals surface area (Å²) in [4.78, 5) is 20.7. The van der Waals surface area contributed by atoms with Crippen LogP contribution in [0.1, 0.15) is 0 Å². The first-order valence-electron chi connectivity index (χ1n) is 6.68. The molecule has 3 rings (SSSR count). The molecule has 5 nitrogen and oxygen atoms in total. The molecule has 3 aromatic rings. The Morgan fingerprint density at radius 1 is 1.14 bits per heavy atom. The zero-order valence-corrected chi connectivity index (χ0v) is 11.7. The maximum atomic E-state index is 12.3. The molecular formula is C16H15N3O2. The predicted octanol–water partition coefficient (Wildman–Crippen LogP) is 2.10. The van der Waals surface area contributed by atoms with Gasteiger partial charge in [-0.1, -0.05) is 6.07 Å². The van der Waals surface area contributed by atoms with Gasteiger partial charge >= 0.3 is 0 Å². The Balaban J connectivity index is 2.06. The van der Waals surface area contributed by atoms with Crippen LogP contribution in [0.5, 0.6) is 0 Å². The highest BCUT2D eigenvalue weighted by Crippen LogP contribution is 2.21. The van der Waals surface area contributed by atoms with Crippen LogP contribution in [-0.2, 0) is 11.3 Å². The Hall–Kier alpha value is -2.53. The SMILES string of the molecule is COCCn1cnc2cc(-c3ccncc3)ccc2c1=O. The molecule has 0 aliphatic carbocycles. The quantitative estimate of drug-likeness (QED) is 0.735. The highest BCUT2D eigenvalue weighted by Gasteiger charge is 2.06. The van der Waals surface area contributed by atoms with E-state index in [0.29, 0.717) is 24.1 Å². The van der Waals surface area contributed by atoms with Crippen molar-refractivity contribution >= 4 is 10.9 Å². The highest BCUT2D eigenvalue weighted by atomic mass is 16.5. The summed E-state index contributed by atoms with van der Waals surface area (Å²) in [5, 5.41) is 0.617. The average Bonchev–Trinajstić information content (AvgIpc) is 2.55. The predicted molar refractivity (Wildman–Crippen MR) is 81.1 cm³/mol.